The second kappa shape index (κ2) is 6.99. The van der Waals surface area contributed by atoms with Crippen LogP contribution in [-0.2, 0) is 6.54 Å². The summed E-state index contributed by atoms with van der Waals surface area (Å²) in [5.74, 6) is -0.379. The van der Waals surface area contributed by atoms with E-state index in [0.29, 0.717) is 22.4 Å². The first-order chi connectivity index (χ1) is 10.1. The van der Waals surface area contributed by atoms with Gasteiger partial charge in [0.15, 0.2) is 0 Å². The number of nitrogens with one attached hydrogen (secondary N) is 2. The molecule has 0 saturated carbocycles. The Morgan fingerprint density at radius 3 is 2.43 bits per heavy atom. The van der Waals surface area contributed by atoms with Crippen molar-refractivity contribution in [3.8, 4) is 0 Å². The number of hydrogen-bond donors (Lipinski definition) is 2. The first kappa shape index (κ1) is 15.2. The largest absolute Gasteiger partial charge is 0.355 e. The molecule has 0 aliphatic heterocycles. The molecule has 108 valence electrons. The maximum absolute atomic E-state index is 11.9. The summed E-state index contributed by atoms with van der Waals surface area (Å²) >= 11 is 3.23. The highest BCUT2D eigenvalue weighted by molar-refractivity contribution is 9.10. The standard InChI is InChI=1S/C15H14BrN3O2/c1-17-14(20)11-7-5-10(6-8-11)9-18-15(21)12-3-2-4-13(16)19-12/h2-8H,9H2,1H3,(H,17,20)(H,18,21). The van der Waals surface area contributed by atoms with Crippen molar-refractivity contribution < 1.29 is 9.59 Å². The number of halogens is 1. The molecule has 2 aromatic rings. The number of rotatable bonds is 4. The van der Waals surface area contributed by atoms with Crippen LogP contribution >= 0.6 is 15.9 Å². The van der Waals surface area contributed by atoms with E-state index in [2.05, 4.69) is 31.5 Å². The van der Waals surface area contributed by atoms with Gasteiger partial charge in [-0.25, -0.2) is 4.98 Å². The molecule has 0 unspecified atom stereocenters. The van der Waals surface area contributed by atoms with E-state index < -0.39 is 0 Å². The van der Waals surface area contributed by atoms with Crippen LogP contribution in [0.3, 0.4) is 0 Å². The van der Waals surface area contributed by atoms with Crippen molar-refractivity contribution in [3.63, 3.8) is 0 Å². The van der Waals surface area contributed by atoms with Gasteiger partial charge in [0, 0.05) is 19.2 Å². The Morgan fingerprint density at radius 1 is 1.10 bits per heavy atom. The minimum atomic E-state index is -0.244. The van der Waals surface area contributed by atoms with E-state index in [-0.39, 0.29) is 11.8 Å². The SMILES string of the molecule is CNC(=O)c1ccc(CNC(=O)c2cccc(Br)n2)cc1. The van der Waals surface area contributed by atoms with Gasteiger partial charge in [-0.3, -0.25) is 9.59 Å². The molecule has 2 rings (SSSR count). The van der Waals surface area contributed by atoms with Crippen LogP contribution in [0.5, 0.6) is 0 Å². The van der Waals surface area contributed by atoms with E-state index in [1.807, 2.05) is 0 Å². The zero-order valence-corrected chi connectivity index (χ0v) is 13.0. The average molecular weight is 348 g/mol. The lowest BCUT2D eigenvalue weighted by Gasteiger charge is -2.06. The number of hydrogen-bond acceptors (Lipinski definition) is 3. The van der Waals surface area contributed by atoms with E-state index >= 15 is 0 Å². The quantitative estimate of drug-likeness (QED) is 0.832. The second-order valence-corrected chi connectivity index (χ2v) is 5.12. The average Bonchev–Trinajstić information content (AvgIpc) is 2.52. The van der Waals surface area contributed by atoms with Gasteiger partial charge in [0.05, 0.1) is 0 Å². The van der Waals surface area contributed by atoms with Crippen molar-refractivity contribution in [3.05, 3.63) is 63.9 Å². The zero-order valence-electron chi connectivity index (χ0n) is 11.4. The van der Waals surface area contributed by atoms with E-state index in [1.54, 1.807) is 49.5 Å². The molecular weight excluding hydrogens is 334 g/mol. The van der Waals surface area contributed by atoms with Crippen molar-refractivity contribution in [2.45, 2.75) is 6.54 Å². The number of amides is 2. The lowest BCUT2D eigenvalue weighted by Crippen LogP contribution is -2.24. The second-order valence-electron chi connectivity index (χ2n) is 4.30. The smallest absolute Gasteiger partial charge is 0.270 e. The van der Waals surface area contributed by atoms with Gasteiger partial charge in [0.1, 0.15) is 10.3 Å². The van der Waals surface area contributed by atoms with E-state index in [1.165, 1.54) is 0 Å². The monoisotopic (exact) mass is 347 g/mol. The molecule has 0 aliphatic carbocycles. The molecule has 0 atom stereocenters. The molecule has 1 aromatic carbocycles. The molecule has 0 radical (unpaired) electrons. The molecule has 0 bridgehead atoms. The van der Waals surface area contributed by atoms with Crippen molar-refractivity contribution in [1.29, 1.82) is 0 Å². The molecule has 1 aromatic heterocycles. The summed E-state index contributed by atoms with van der Waals surface area (Å²) in [5.41, 5.74) is 1.85. The Hall–Kier alpha value is -2.21. The molecule has 0 fully saturated rings. The van der Waals surface area contributed by atoms with Crippen LogP contribution in [0.2, 0.25) is 0 Å². The van der Waals surface area contributed by atoms with Gasteiger partial charge in [0.2, 0.25) is 0 Å². The van der Waals surface area contributed by atoms with Gasteiger partial charge in [0.25, 0.3) is 11.8 Å². The van der Waals surface area contributed by atoms with E-state index in [4.69, 9.17) is 0 Å². The molecule has 0 spiro atoms. The summed E-state index contributed by atoms with van der Waals surface area (Å²) in [6.07, 6.45) is 0. The maximum Gasteiger partial charge on any atom is 0.270 e. The molecular formula is C15H14BrN3O2. The number of carbonyl (C=O) groups excluding carboxylic acids is 2. The third kappa shape index (κ3) is 4.13. The Balaban J connectivity index is 1.97. The summed E-state index contributed by atoms with van der Waals surface area (Å²) in [6, 6.07) is 12.2. The molecule has 21 heavy (non-hydrogen) atoms. The van der Waals surface area contributed by atoms with Gasteiger partial charge in [-0.2, -0.15) is 0 Å². The lowest BCUT2D eigenvalue weighted by atomic mass is 10.1. The molecule has 2 N–H and O–H groups in total. The predicted octanol–water partition coefficient (Wildman–Crippen LogP) is 2.13. The van der Waals surface area contributed by atoms with Crippen molar-refractivity contribution in [2.24, 2.45) is 0 Å². The number of carbonyl (C=O) groups is 2. The lowest BCUT2D eigenvalue weighted by molar-refractivity contribution is 0.0942. The van der Waals surface area contributed by atoms with Crippen LogP contribution in [0.15, 0.2) is 47.1 Å². The minimum Gasteiger partial charge on any atom is -0.355 e. The molecule has 0 aliphatic rings. The topological polar surface area (TPSA) is 71.1 Å². The summed E-state index contributed by atoms with van der Waals surface area (Å²) in [5, 5.41) is 5.34. The highest BCUT2D eigenvalue weighted by Gasteiger charge is 2.07. The maximum atomic E-state index is 11.9. The summed E-state index contributed by atoms with van der Waals surface area (Å²) in [7, 11) is 1.58. The van der Waals surface area contributed by atoms with Crippen LogP contribution < -0.4 is 10.6 Å². The Labute approximate surface area is 130 Å². The number of pyridine rings is 1. The van der Waals surface area contributed by atoms with Crippen molar-refractivity contribution >= 4 is 27.7 Å². The third-order valence-electron chi connectivity index (χ3n) is 2.84. The normalized spacial score (nSPS) is 10.0. The summed E-state index contributed by atoms with van der Waals surface area (Å²) in [4.78, 5) is 27.4. The minimum absolute atomic E-state index is 0.135. The first-order valence-corrected chi connectivity index (χ1v) is 7.11. The summed E-state index contributed by atoms with van der Waals surface area (Å²) < 4.78 is 0.616. The van der Waals surface area contributed by atoms with Gasteiger partial charge >= 0.3 is 0 Å². The Kier molecular flexibility index (Phi) is 5.05. The zero-order chi connectivity index (χ0) is 15.2. The number of aromatic nitrogens is 1. The fourth-order valence-electron chi connectivity index (χ4n) is 1.73. The van der Waals surface area contributed by atoms with Crippen molar-refractivity contribution in [2.75, 3.05) is 7.05 Å². The molecule has 1 heterocycles. The van der Waals surface area contributed by atoms with E-state index in [0.717, 1.165) is 5.56 Å². The summed E-state index contributed by atoms with van der Waals surface area (Å²) in [6.45, 7) is 0.376. The van der Waals surface area contributed by atoms with Crippen LogP contribution in [0.4, 0.5) is 0 Å². The first-order valence-electron chi connectivity index (χ1n) is 6.32. The number of nitrogens with zero attached hydrogens (tertiary/aromatic N) is 1. The third-order valence-corrected chi connectivity index (χ3v) is 3.29. The fourth-order valence-corrected chi connectivity index (χ4v) is 2.07. The van der Waals surface area contributed by atoms with Crippen LogP contribution in [0.1, 0.15) is 26.4 Å². The molecule has 6 heteroatoms. The van der Waals surface area contributed by atoms with Gasteiger partial charge in [-0.1, -0.05) is 18.2 Å². The van der Waals surface area contributed by atoms with E-state index in [9.17, 15) is 9.59 Å². The predicted molar refractivity (Wildman–Crippen MR) is 82.9 cm³/mol. The van der Waals surface area contributed by atoms with Gasteiger partial charge < -0.3 is 10.6 Å². The Bertz CT molecular complexity index is 656. The number of benzene rings is 1. The Morgan fingerprint density at radius 2 is 1.81 bits per heavy atom. The molecule has 0 saturated heterocycles. The van der Waals surface area contributed by atoms with Gasteiger partial charge in [-0.05, 0) is 45.8 Å². The van der Waals surface area contributed by atoms with Crippen molar-refractivity contribution in [1.82, 2.24) is 15.6 Å². The fraction of sp³-hybridized carbons (Fsp3) is 0.133. The van der Waals surface area contributed by atoms with Gasteiger partial charge in [-0.15, -0.1) is 0 Å². The highest BCUT2D eigenvalue weighted by atomic mass is 79.9. The molecule has 2 amide bonds. The van der Waals surface area contributed by atoms with Crippen LogP contribution in [0, 0.1) is 0 Å². The molecule has 5 nitrogen and oxygen atoms in total. The van der Waals surface area contributed by atoms with Crippen LogP contribution in [-0.4, -0.2) is 23.8 Å². The highest BCUT2D eigenvalue weighted by Crippen LogP contribution is 2.07. The van der Waals surface area contributed by atoms with Crippen LogP contribution in [0.25, 0.3) is 0 Å².